The predicted octanol–water partition coefficient (Wildman–Crippen LogP) is 6.04. The number of rotatable bonds is 14. The maximum Gasteiger partial charge on any atom is 0.312 e. The van der Waals surface area contributed by atoms with Gasteiger partial charge in [-0.05, 0) is 116 Å². The molecule has 0 spiro atoms. The fourth-order valence-electron chi connectivity index (χ4n) is 10.5. The lowest BCUT2D eigenvalue weighted by Crippen LogP contribution is -2.58. The molecule has 2 N–H and O–H groups in total. The minimum absolute atomic E-state index is 0.00621. The van der Waals surface area contributed by atoms with Gasteiger partial charge in [0.2, 0.25) is 5.91 Å². The van der Waals surface area contributed by atoms with E-state index in [0.29, 0.717) is 13.2 Å². The third-order valence-corrected chi connectivity index (χ3v) is 14.0. The molecule has 2 unspecified atom stereocenters. The van der Waals surface area contributed by atoms with Crippen molar-refractivity contribution in [2.24, 2.45) is 16.2 Å². The van der Waals surface area contributed by atoms with Gasteiger partial charge in [0.05, 0.1) is 43.2 Å². The van der Waals surface area contributed by atoms with Crippen molar-refractivity contribution in [1.29, 1.82) is 5.26 Å². The molecule has 7 aliphatic carbocycles. The number of hydrogen-bond acceptors (Lipinski definition) is 8. The van der Waals surface area contributed by atoms with Gasteiger partial charge in [-0.2, -0.15) is 5.26 Å². The first-order chi connectivity index (χ1) is 23.1. The zero-order valence-electron chi connectivity index (χ0n) is 29.4. The van der Waals surface area contributed by atoms with Gasteiger partial charge in [-0.15, -0.1) is 0 Å². The fraction of sp³-hybridized carbons (Fsp3) is 0.895. The minimum Gasteiger partial charge on any atom is -0.465 e. The minimum atomic E-state index is -1.14. The molecule has 7 saturated carbocycles. The van der Waals surface area contributed by atoms with E-state index in [4.69, 9.17) is 9.47 Å². The molecule has 0 aromatic carbocycles. The van der Waals surface area contributed by atoms with Gasteiger partial charge in [0, 0.05) is 22.9 Å². The third kappa shape index (κ3) is 7.29. The standard InChI is InChI=1S/C38H59FN4O5/c1-2-41-37-17-11-36(12-18-37,13-19-37)33(46)48-28-34(8-4-3-5-9-34)10-6-7-23-47-32(45)35-14-20-38(21-15-35,22-16-35)42-26-31(44)43-27-29(39)24-30(43)25-40/h29-30,41-42H,2-24,26-28H2,1H3. The summed E-state index contributed by atoms with van der Waals surface area (Å²) in [6.45, 7) is 4.21. The average molecular weight is 671 g/mol. The summed E-state index contributed by atoms with van der Waals surface area (Å²) in [6.07, 6.45) is 18.3. The number of nitriles is 1. The Labute approximate surface area is 286 Å². The van der Waals surface area contributed by atoms with E-state index in [1.807, 2.05) is 0 Å². The number of carbonyl (C=O) groups excluding carboxylic acids is 3. The van der Waals surface area contributed by atoms with Gasteiger partial charge in [0.15, 0.2) is 0 Å². The van der Waals surface area contributed by atoms with Gasteiger partial charge in [0.25, 0.3) is 0 Å². The fourth-order valence-corrected chi connectivity index (χ4v) is 10.5. The van der Waals surface area contributed by atoms with Crippen LogP contribution in [-0.2, 0) is 23.9 Å². The molecule has 10 heteroatoms. The summed E-state index contributed by atoms with van der Waals surface area (Å²) in [5, 5.41) is 16.4. The quantitative estimate of drug-likeness (QED) is 0.170. The molecule has 2 atom stereocenters. The lowest BCUT2D eigenvalue weighted by Gasteiger charge is -2.52. The molecular weight excluding hydrogens is 611 g/mol. The number of alkyl halides is 1. The van der Waals surface area contributed by atoms with Gasteiger partial charge < -0.3 is 25.0 Å². The molecule has 9 nitrogen and oxygen atoms in total. The van der Waals surface area contributed by atoms with Crippen LogP contribution in [0, 0.1) is 27.6 Å². The van der Waals surface area contributed by atoms with Crippen LogP contribution < -0.4 is 10.6 Å². The van der Waals surface area contributed by atoms with Gasteiger partial charge in [-0.1, -0.05) is 26.2 Å². The van der Waals surface area contributed by atoms with Crippen LogP contribution in [0.2, 0.25) is 0 Å². The number of nitrogens with zero attached hydrogens (tertiary/aromatic N) is 2. The van der Waals surface area contributed by atoms with Crippen molar-refractivity contribution < 1.29 is 28.2 Å². The first kappa shape index (κ1) is 35.6. The van der Waals surface area contributed by atoms with Crippen molar-refractivity contribution in [3.63, 3.8) is 0 Å². The summed E-state index contributed by atoms with van der Waals surface area (Å²) in [5.74, 6) is -0.251. The van der Waals surface area contributed by atoms with Crippen molar-refractivity contribution >= 4 is 17.8 Å². The Morgan fingerprint density at radius 1 is 0.792 bits per heavy atom. The number of amides is 1. The molecule has 1 saturated heterocycles. The highest BCUT2D eigenvalue weighted by atomic mass is 19.1. The number of ether oxygens (including phenoxy) is 2. The number of halogens is 1. The molecule has 8 fully saturated rings. The second kappa shape index (κ2) is 14.5. The molecule has 8 rings (SSSR count). The molecule has 268 valence electrons. The van der Waals surface area contributed by atoms with Crippen molar-refractivity contribution in [1.82, 2.24) is 15.5 Å². The van der Waals surface area contributed by atoms with E-state index in [-0.39, 0.29) is 59.3 Å². The summed E-state index contributed by atoms with van der Waals surface area (Å²) in [7, 11) is 0. The van der Waals surface area contributed by atoms with Crippen molar-refractivity contribution in [3.8, 4) is 6.07 Å². The van der Waals surface area contributed by atoms with Gasteiger partial charge in [-0.25, -0.2) is 4.39 Å². The number of unbranched alkanes of at least 4 members (excludes halogenated alkanes) is 1. The maximum atomic E-state index is 13.8. The zero-order valence-corrected chi connectivity index (χ0v) is 29.4. The van der Waals surface area contributed by atoms with E-state index in [1.54, 1.807) is 0 Å². The molecule has 8 aliphatic rings. The van der Waals surface area contributed by atoms with Crippen LogP contribution in [0.1, 0.15) is 142 Å². The van der Waals surface area contributed by atoms with E-state index in [1.165, 1.54) is 24.2 Å². The summed E-state index contributed by atoms with van der Waals surface area (Å²) in [4.78, 5) is 41.0. The summed E-state index contributed by atoms with van der Waals surface area (Å²) >= 11 is 0. The second-order valence-corrected chi connectivity index (χ2v) is 16.8. The Kier molecular flexibility index (Phi) is 10.8. The van der Waals surface area contributed by atoms with Crippen LogP contribution >= 0.6 is 0 Å². The number of fused-ring (bicyclic) bond motifs is 6. The van der Waals surface area contributed by atoms with Crippen LogP contribution in [0.15, 0.2) is 0 Å². The van der Waals surface area contributed by atoms with E-state index in [2.05, 4.69) is 23.6 Å². The Morgan fingerprint density at radius 2 is 1.35 bits per heavy atom. The number of carbonyl (C=O) groups is 3. The Morgan fingerprint density at radius 3 is 1.92 bits per heavy atom. The van der Waals surface area contributed by atoms with Crippen LogP contribution in [-0.4, -0.2) is 78.9 Å². The Bertz CT molecular complexity index is 1180. The number of hydrogen-bond donors (Lipinski definition) is 2. The third-order valence-electron chi connectivity index (χ3n) is 14.0. The highest BCUT2D eigenvalue weighted by Crippen LogP contribution is 2.54. The summed E-state index contributed by atoms with van der Waals surface area (Å²) in [6, 6.07) is 1.37. The van der Waals surface area contributed by atoms with E-state index in [0.717, 1.165) is 116 Å². The van der Waals surface area contributed by atoms with Crippen LogP contribution in [0.3, 0.4) is 0 Å². The van der Waals surface area contributed by atoms with Gasteiger partial charge >= 0.3 is 11.9 Å². The second-order valence-electron chi connectivity index (χ2n) is 16.8. The molecular formula is C38H59FN4O5. The molecule has 0 aromatic rings. The first-order valence-corrected chi connectivity index (χ1v) is 19.3. The highest BCUT2D eigenvalue weighted by Gasteiger charge is 2.54. The van der Waals surface area contributed by atoms with Gasteiger partial charge in [0.1, 0.15) is 12.2 Å². The van der Waals surface area contributed by atoms with Crippen LogP contribution in [0.25, 0.3) is 0 Å². The normalized spacial score (nSPS) is 36.8. The lowest BCUT2D eigenvalue weighted by molar-refractivity contribution is -0.169. The zero-order chi connectivity index (χ0) is 33.9. The van der Waals surface area contributed by atoms with E-state index in [9.17, 15) is 24.0 Å². The van der Waals surface area contributed by atoms with E-state index >= 15 is 0 Å². The van der Waals surface area contributed by atoms with Crippen molar-refractivity contribution in [2.75, 3.05) is 32.8 Å². The number of nitrogens with one attached hydrogen (secondary N) is 2. The largest absolute Gasteiger partial charge is 0.465 e. The topological polar surface area (TPSA) is 121 Å². The predicted molar refractivity (Wildman–Crippen MR) is 179 cm³/mol. The molecule has 0 aromatic heterocycles. The molecule has 1 aliphatic heterocycles. The van der Waals surface area contributed by atoms with Crippen molar-refractivity contribution in [2.45, 2.75) is 165 Å². The average Bonchev–Trinajstić information content (AvgIpc) is 3.52. The van der Waals surface area contributed by atoms with Crippen LogP contribution in [0.4, 0.5) is 4.39 Å². The number of likely N-dealkylation sites (tertiary alicyclic amines) is 1. The smallest absolute Gasteiger partial charge is 0.312 e. The summed E-state index contributed by atoms with van der Waals surface area (Å²) in [5.41, 5.74) is -0.605. The monoisotopic (exact) mass is 670 g/mol. The Hall–Kier alpha value is -2.25. The van der Waals surface area contributed by atoms with E-state index < -0.39 is 17.6 Å². The highest BCUT2D eigenvalue weighted by molar-refractivity contribution is 5.80. The van der Waals surface area contributed by atoms with Crippen molar-refractivity contribution in [3.05, 3.63) is 0 Å². The SMILES string of the molecule is CCNC12CCC(C(=O)OCC3(CCCCOC(=O)C45CCC(NCC(=O)N6CC(F)CC6C#N)(CC4)CC5)CCCCC3)(CC1)CC2. The lowest BCUT2D eigenvalue weighted by atomic mass is 9.57. The summed E-state index contributed by atoms with van der Waals surface area (Å²) < 4.78 is 25.9. The Balaban J connectivity index is 0.910. The molecule has 1 heterocycles. The maximum absolute atomic E-state index is 13.8. The van der Waals surface area contributed by atoms with Gasteiger partial charge in [-0.3, -0.25) is 14.4 Å². The number of esters is 2. The molecule has 0 radical (unpaired) electrons. The molecule has 48 heavy (non-hydrogen) atoms. The first-order valence-electron chi connectivity index (χ1n) is 19.3. The molecule has 1 amide bonds. The van der Waals surface area contributed by atoms with Crippen LogP contribution in [0.5, 0.6) is 0 Å². The molecule has 4 bridgehead atoms.